The molecule has 9 heteroatoms. The predicted molar refractivity (Wildman–Crippen MR) is 105 cm³/mol. The van der Waals surface area contributed by atoms with E-state index in [9.17, 15) is 9.59 Å². The summed E-state index contributed by atoms with van der Waals surface area (Å²) in [4.78, 5) is 32.3. The molecule has 0 bridgehead atoms. The van der Waals surface area contributed by atoms with Crippen molar-refractivity contribution < 1.29 is 14.3 Å². The number of nitrogens with zero attached hydrogens (tertiary/aromatic N) is 3. The Bertz CT molecular complexity index is 771. The SMILES string of the molecule is COC(=O)c1ccc(-c2csc(NSC(=O)N3CCN(C)CC3)n2)cc1. The van der Waals surface area contributed by atoms with E-state index in [-0.39, 0.29) is 11.2 Å². The van der Waals surface area contributed by atoms with Crippen LogP contribution in [0.3, 0.4) is 0 Å². The lowest BCUT2D eigenvalue weighted by Gasteiger charge is -2.31. The fraction of sp³-hybridized carbons (Fsp3) is 0.353. The predicted octanol–water partition coefficient (Wildman–Crippen LogP) is 3.02. The molecule has 26 heavy (non-hydrogen) atoms. The molecule has 3 rings (SSSR count). The van der Waals surface area contributed by atoms with E-state index in [0.29, 0.717) is 10.7 Å². The van der Waals surface area contributed by atoms with E-state index in [1.165, 1.54) is 18.4 Å². The molecule has 0 unspecified atom stereocenters. The minimum Gasteiger partial charge on any atom is -0.465 e. The number of hydrogen-bond acceptors (Lipinski definition) is 8. The van der Waals surface area contributed by atoms with Gasteiger partial charge >= 0.3 is 11.2 Å². The van der Waals surface area contributed by atoms with Crippen molar-refractivity contribution >= 4 is 39.6 Å². The zero-order valence-electron chi connectivity index (χ0n) is 14.6. The fourth-order valence-corrected chi connectivity index (χ4v) is 3.90. The Hall–Kier alpha value is -2.10. The summed E-state index contributed by atoms with van der Waals surface area (Å²) in [5.74, 6) is -0.365. The van der Waals surface area contributed by atoms with Crippen LogP contribution in [0.1, 0.15) is 10.4 Å². The van der Waals surface area contributed by atoms with Gasteiger partial charge in [-0.1, -0.05) is 12.1 Å². The minimum absolute atomic E-state index is 0.0114. The molecule has 0 saturated carbocycles. The Morgan fingerprint density at radius 3 is 2.54 bits per heavy atom. The van der Waals surface area contributed by atoms with Crippen LogP contribution in [0.25, 0.3) is 11.3 Å². The summed E-state index contributed by atoms with van der Waals surface area (Å²) < 4.78 is 7.72. The molecule has 1 saturated heterocycles. The maximum atomic E-state index is 12.2. The van der Waals surface area contributed by atoms with Crippen molar-refractivity contribution in [3.63, 3.8) is 0 Å². The molecular weight excluding hydrogens is 372 g/mol. The molecule has 0 atom stereocenters. The summed E-state index contributed by atoms with van der Waals surface area (Å²) in [6, 6.07) is 7.07. The monoisotopic (exact) mass is 392 g/mol. The first-order valence-corrected chi connectivity index (χ1v) is 9.81. The number of rotatable bonds is 4. The number of aromatic nitrogens is 1. The highest BCUT2D eigenvalue weighted by Crippen LogP contribution is 2.27. The third-order valence-corrected chi connectivity index (χ3v) is 5.71. The number of hydrogen-bond donors (Lipinski definition) is 1. The van der Waals surface area contributed by atoms with Crippen molar-refractivity contribution in [3.8, 4) is 11.3 Å². The number of methoxy groups -OCH3 is 1. The number of thiazole rings is 1. The van der Waals surface area contributed by atoms with Gasteiger partial charge in [0.1, 0.15) is 0 Å². The number of anilines is 1. The van der Waals surface area contributed by atoms with E-state index < -0.39 is 0 Å². The number of carbonyl (C=O) groups excluding carboxylic acids is 2. The molecule has 2 heterocycles. The molecular formula is C17H20N4O3S2. The minimum atomic E-state index is -0.365. The number of amides is 1. The van der Waals surface area contributed by atoms with Gasteiger partial charge in [0.2, 0.25) is 0 Å². The summed E-state index contributed by atoms with van der Waals surface area (Å²) in [5, 5.41) is 2.60. The van der Waals surface area contributed by atoms with Crippen molar-refractivity contribution in [3.05, 3.63) is 35.2 Å². The number of piperazine rings is 1. The van der Waals surface area contributed by atoms with Crippen LogP contribution in [0.4, 0.5) is 9.93 Å². The highest BCUT2D eigenvalue weighted by molar-refractivity contribution is 8.14. The van der Waals surface area contributed by atoms with E-state index >= 15 is 0 Å². The van der Waals surface area contributed by atoms with Crippen LogP contribution in [0.5, 0.6) is 0 Å². The van der Waals surface area contributed by atoms with Gasteiger partial charge in [0, 0.05) is 49.1 Å². The zero-order chi connectivity index (χ0) is 18.5. The van der Waals surface area contributed by atoms with E-state index in [1.54, 1.807) is 12.1 Å². The third-order valence-electron chi connectivity index (χ3n) is 4.09. The molecule has 138 valence electrons. The Morgan fingerprint density at radius 1 is 1.19 bits per heavy atom. The average molecular weight is 393 g/mol. The molecule has 1 aromatic heterocycles. The molecule has 1 fully saturated rings. The van der Waals surface area contributed by atoms with E-state index in [0.717, 1.165) is 49.4 Å². The van der Waals surface area contributed by atoms with Crippen LogP contribution >= 0.6 is 23.3 Å². The van der Waals surface area contributed by atoms with Crippen LogP contribution in [-0.4, -0.2) is 66.3 Å². The molecule has 1 aromatic carbocycles. The number of ether oxygens (including phenoxy) is 1. The first-order chi connectivity index (χ1) is 12.6. The van der Waals surface area contributed by atoms with Gasteiger partial charge < -0.3 is 14.5 Å². The smallest absolute Gasteiger partial charge is 0.337 e. The molecule has 1 N–H and O–H groups in total. The maximum Gasteiger partial charge on any atom is 0.337 e. The molecule has 0 aliphatic carbocycles. The van der Waals surface area contributed by atoms with Gasteiger partial charge in [-0.15, -0.1) is 11.3 Å². The number of likely N-dealkylation sites (N-methyl/N-ethyl adjacent to an activating group) is 1. The topological polar surface area (TPSA) is 74.8 Å². The summed E-state index contributed by atoms with van der Waals surface area (Å²) in [6.45, 7) is 3.30. The standard InChI is InChI=1S/C17H20N4O3S2/c1-20-7-9-21(10-8-20)17(23)26-19-16-18-14(11-25-16)12-3-5-13(6-4-12)15(22)24-2/h3-6,11H,7-10H2,1-2H3,(H,18,19). The van der Waals surface area contributed by atoms with Crippen molar-refractivity contribution in [1.82, 2.24) is 14.8 Å². The van der Waals surface area contributed by atoms with Gasteiger partial charge in [-0.25, -0.2) is 9.78 Å². The normalized spacial score (nSPS) is 14.9. The van der Waals surface area contributed by atoms with Crippen molar-refractivity contribution in [2.75, 3.05) is 45.1 Å². The van der Waals surface area contributed by atoms with E-state index in [4.69, 9.17) is 4.74 Å². The number of benzene rings is 1. The summed E-state index contributed by atoms with van der Waals surface area (Å²) >= 11 is 2.50. The highest BCUT2D eigenvalue weighted by atomic mass is 32.2. The van der Waals surface area contributed by atoms with Crippen LogP contribution in [0.2, 0.25) is 0 Å². The van der Waals surface area contributed by atoms with Crippen molar-refractivity contribution in [2.45, 2.75) is 0 Å². The highest BCUT2D eigenvalue weighted by Gasteiger charge is 2.20. The number of carbonyl (C=O) groups is 2. The van der Waals surface area contributed by atoms with Crippen LogP contribution in [0.15, 0.2) is 29.6 Å². The molecule has 7 nitrogen and oxygen atoms in total. The van der Waals surface area contributed by atoms with Crippen LogP contribution in [-0.2, 0) is 4.74 Å². The van der Waals surface area contributed by atoms with Crippen LogP contribution < -0.4 is 4.72 Å². The summed E-state index contributed by atoms with van der Waals surface area (Å²) in [5.41, 5.74) is 2.19. The lowest BCUT2D eigenvalue weighted by atomic mass is 10.1. The lowest BCUT2D eigenvalue weighted by molar-refractivity contribution is 0.0600. The first-order valence-electron chi connectivity index (χ1n) is 8.11. The summed E-state index contributed by atoms with van der Waals surface area (Å²) in [7, 11) is 3.41. The Morgan fingerprint density at radius 2 is 1.88 bits per heavy atom. The first kappa shape index (κ1) is 18.7. The van der Waals surface area contributed by atoms with Gasteiger partial charge in [-0.3, -0.25) is 9.52 Å². The largest absolute Gasteiger partial charge is 0.465 e. The average Bonchev–Trinajstić information content (AvgIpc) is 3.15. The molecule has 1 aliphatic rings. The van der Waals surface area contributed by atoms with E-state index in [1.807, 2.05) is 22.4 Å². The maximum absolute atomic E-state index is 12.2. The van der Waals surface area contributed by atoms with Gasteiger partial charge in [0.15, 0.2) is 5.13 Å². The van der Waals surface area contributed by atoms with Gasteiger partial charge in [-0.05, 0) is 19.2 Å². The second-order valence-corrected chi connectivity index (χ2v) is 7.48. The van der Waals surface area contributed by atoms with E-state index in [2.05, 4.69) is 21.7 Å². The Balaban J connectivity index is 1.56. The van der Waals surface area contributed by atoms with Gasteiger partial charge in [0.05, 0.1) is 18.4 Å². The number of nitrogens with one attached hydrogen (secondary N) is 1. The van der Waals surface area contributed by atoms with Gasteiger partial charge in [-0.2, -0.15) is 0 Å². The van der Waals surface area contributed by atoms with Crippen molar-refractivity contribution in [1.29, 1.82) is 0 Å². The zero-order valence-corrected chi connectivity index (χ0v) is 16.2. The lowest BCUT2D eigenvalue weighted by Crippen LogP contribution is -2.46. The van der Waals surface area contributed by atoms with Crippen molar-refractivity contribution in [2.24, 2.45) is 0 Å². The quantitative estimate of drug-likeness (QED) is 0.633. The third kappa shape index (κ3) is 4.54. The van der Waals surface area contributed by atoms with Crippen LogP contribution in [0, 0.1) is 0 Å². The Labute approximate surface area is 160 Å². The second-order valence-electron chi connectivity index (χ2n) is 5.87. The second kappa shape index (κ2) is 8.52. The molecule has 0 spiro atoms. The van der Waals surface area contributed by atoms with Gasteiger partial charge in [0.25, 0.3) is 0 Å². The number of esters is 1. The Kier molecular flexibility index (Phi) is 6.12. The molecule has 2 aromatic rings. The molecule has 1 amide bonds. The molecule has 1 aliphatic heterocycles. The summed E-state index contributed by atoms with van der Waals surface area (Å²) in [6.07, 6.45) is 0. The fourth-order valence-electron chi connectivity index (χ4n) is 2.49. The molecule has 0 radical (unpaired) electrons.